The average Bonchev–Trinajstić information content (AvgIpc) is 2.22. The largest absolute Gasteiger partial charge is 0.395 e. The van der Waals surface area contributed by atoms with E-state index in [1.165, 1.54) is 18.2 Å². The van der Waals surface area contributed by atoms with Crippen LogP contribution >= 0.6 is 0 Å². The number of hydrogen-bond donors (Lipinski definition) is 3. The maximum absolute atomic E-state index is 13.2. The molecule has 0 unspecified atom stereocenters. The fourth-order valence-electron chi connectivity index (χ4n) is 1.05. The predicted molar refractivity (Wildman–Crippen MR) is 58.2 cm³/mol. The third-order valence-electron chi connectivity index (χ3n) is 1.69. The molecule has 4 N–H and O–H groups in total. The molecule has 4 nitrogen and oxygen atoms in total. The SMILES string of the molecule is NC(=O)Nc1ccc(F)c(C#CCCO)c1. The van der Waals surface area contributed by atoms with Crippen molar-refractivity contribution in [2.75, 3.05) is 11.9 Å². The summed E-state index contributed by atoms with van der Waals surface area (Å²) < 4.78 is 13.2. The Balaban J connectivity index is 2.91. The first-order valence-corrected chi connectivity index (χ1v) is 4.59. The second-order valence-electron chi connectivity index (χ2n) is 2.96. The Morgan fingerprint density at radius 3 is 2.94 bits per heavy atom. The quantitative estimate of drug-likeness (QED) is 0.654. The van der Waals surface area contributed by atoms with Crippen LogP contribution in [0.25, 0.3) is 0 Å². The minimum absolute atomic E-state index is 0.0755. The molecular formula is C11H11FN2O2. The van der Waals surface area contributed by atoms with Crippen LogP contribution < -0.4 is 11.1 Å². The van der Waals surface area contributed by atoms with Crippen molar-refractivity contribution < 1.29 is 14.3 Å². The molecule has 0 spiro atoms. The van der Waals surface area contributed by atoms with E-state index in [1.807, 2.05) is 0 Å². The number of benzene rings is 1. The molecule has 0 aliphatic rings. The van der Waals surface area contributed by atoms with E-state index in [2.05, 4.69) is 17.2 Å². The van der Waals surface area contributed by atoms with Crippen molar-refractivity contribution in [1.29, 1.82) is 0 Å². The Labute approximate surface area is 92.3 Å². The number of carbonyl (C=O) groups excluding carboxylic acids is 1. The summed E-state index contributed by atoms with van der Waals surface area (Å²) >= 11 is 0. The van der Waals surface area contributed by atoms with Crippen LogP contribution in [-0.4, -0.2) is 17.7 Å². The van der Waals surface area contributed by atoms with Crippen LogP contribution in [-0.2, 0) is 0 Å². The Bertz CT molecular complexity index is 449. The van der Waals surface area contributed by atoms with E-state index >= 15 is 0 Å². The summed E-state index contributed by atoms with van der Waals surface area (Å²) in [6.07, 6.45) is 0.271. The lowest BCUT2D eigenvalue weighted by atomic mass is 10.2. The van der Waals surface area contributed by atoms with E-state index in [0.29, 0.717) is 5.69 Å². The molecular weight excluding hydrogens is 211 g/mol. The van der Waals surface area contributed by atoms with Gasteiger partial charge in [-0.25, -0.2) is 9.18 Å². The van der Waals surface area contributed by atoms with Gasteiger partial charge in [0, 0.05) is 12.1 Å². The van der Waals surface area contributed by atoms with Crippen molar-refractivity contribution in [2.45, 2.75) is 6.42 Å². The molecule has 0 aliphatic carbocycles. The summed E-state index contributed by atoms with van der Waals surface area (Å²) in [6.45, 7) is -0.0755. The lowest BCUT2D eigenvalue weighted by Crippen LogP contribution is -2.19. The first-order valence-electron chi connectivity index (χ1n) is 4.59. The van der Waals surface area contributed by atoms with Crippen molar-refractivity contribution in [3.05, 3.63) is 29.6 Å². The maximum atomic E-state index is 13.2. The van der Waals surface area contributed by atoms with Gasteiger partial charge in [-0.2, -0.15) is 0 Å². The summed E-state index contributed by atoms with van der Waals surface area (Å²) in [5.41, 5.74) is 5.45. The van der Waals surface area contributed by atoms with Crippen molar-refractivity contribution in [2.24, 2.45) is 5.73 Å². The summed E-state index contributed by atoms with van der Waals surface area (Å²) in [5, 5.41) is 10.8. The highest BCUT2D eigenvalue weighted by Crippen LogP contribution is 2.13. The van der Waals surface area contributed by atoms with E-state index in [-0.39, 0.29) is 18.6 Å². The third-order valence-corrected chi connectivity index (χ3v) is 1.69. The number of nitrogens with one attached hydrogen (secondary N) is 1. The summed E-state index contributed by atoms with van der Waals surface area (Å²) in [7, 11) is 0. The Morgan fingerprint density at radius 1 is 1.56 bits per heavy atom. The summed E-state index contributed by atoms with van der Waals surface area (Å²) in [6, 6.07) is 3.23. The van der Waals surface area contributed by atoms with Crippen LogP contribution in [0.15, 0.2) is 18.2 Å². The minimum atomic E-state index is -0.721. The molecule has 0 saturated heterocycles. The monoisotopic (exact) mass is 222 g/mol. The first-order chi connectivity index (χ1) is 7.63. The van der Waals surface area contributed by atoms with E-state index < -0.39 is 11.8 Å². The number of urea groups is 1. The van der Waals surface area contributed by atoms with E-state index in [9.17, 15) is 9.18 Å². The Morgan fingerprint density at radius 2 is 2.31 bits per heavy atom. The fraction of sp³-hybridized carbons (Fsp3) is 0.182. The molecule has 16 heavy (non-hydrogen) atoms. The van der Waals surface area contributed by atoms with Gasteiger partial charge in [0.05, 0.1) is 12.2 Å². The number of rotatable bonds is 2. The van der Waals surface area contributed by atoms with Gasteiger partial charge in [0.25, 0.3) is 0 Å². The minimum Gasteiger partial charge on any atom is -0.395 e. The molecule has 0 aromatic heterocycles. The van der Waals surface area contributed by atoms with E-state index in [0.717, 1.165) is 0 Å². The van der Waals surface area contributed by atoms with Crippen LogP contribution in [0.5, 0.6) is 0 Å². The van der Waals surface area contributed by atoms with Crippen LogP contribution in [0.2, 0.25) is 0 Å². The fourth-order valence-corrected chi connectivity index (χ4v) is 1.05. The second-order valence-corrected chi connectivity index (χ2v) is 2.96. The number of amides is 2. The summed E-state index contributed by atoms with van der Waals surface area (Å²) in [4.78, 5) is 10.6. The zero-order valence-corrected chi connectivity index (χ0v) is 8.46. The number of anilines is 1. The number of aliphatic hydroxyl groups is 1. The number of carbonyl (C=O) groups is 1. The van der Waals surface area contributed by atoms with Gasteiger partial charge in [-0.3, -0.25) is 0 Å². The molecule has 0 saturated carbocycles. The number of nitrogens with two attached hydrogens (primary N) is 1. The van der Waals surface area contributed by atoms with Crippen LogP contribution in [0.1, 0.15) is 12.0 Å². The molecule has 1 aromatic rings. The standard InChI is InChI=1S/C11H11FN2O2/c12-10-5-4-9(14-11(13)16)7-8(10)3-1-2-6-15/h4-5,7,15H,2,6H2,(H3,13,14,16). The van der Waals surface area contributed by atoms with Crippen LogP contribution in [0.4, 0.5) is 14.9 Å². The Hall–Kier alpha value is -2.06. The van der Waals surface area contributed by atoms with E-state index in [4.69, 9.17) is 10.8 Å². The number of hydrogen-bond acceptors (Lipinski definition) is 2. The second kappa shape index (κ2) is 5.73. The zero-order valence-electron chi connectivity index (χ0n) is 8.46. The molecule has 2 amide bonds. The van der Waals surface area contributed by atoms with Crippen molar-refractivity contribution in [3.8, 4) is 11.8 Å². The normalized spacial score (nSPS) is 9.12. The number of aliphatic hydroxyl groups excluding tert-OH is 1. The highest BCUT2D eigenvalue weighted by atomic mass is 19.1. The van der Waals surface area contributed by atoms with Gasteiger partial charge >= 0.3 is 6.03 Å². The van der Waals surface area contributed by atoms with Crippen molar-refractivity contribution in [1.82, 2.24) is 0 Å². The smallest absolute Gasteiger partial charge is 0.316 e. The molecule has 1 aromatic carbocycles. The number of primary amides is 1. The van der Waals surface area contributed by atoms with Crippen LogP contribution in [0.3, 0.4) is 0 Å². The van der Waals surface area contributed by atoms with Gasteiger partial charge in [0.15, 0.2) is 0 Å². The molecule has 0 atom stereocenters. The predicted octanol–water partition coefficient (Wildman–Crippen LogP) is 1.05. The molecule has 0 aliphatic heterocycles. The third kappa shape index (κ3) is 3.59. The van der Waals surface area contributed by atoms with Gasteiger partial charge in [0.2, 0.25) is 0 Å². The van der Waals surface area contributed by atoms with Gasteiger partial charge < -0.3 is 16.2 Å². The van der Waals surface area contributed by atoms with Crippen molar-refractivity contribution >= 4 is 11.7 Å². The first kappa shape index (κ1) is 12.0. The molecule has 0 radical (unpaired) electrons. The molecule has 0 bridgehead atoms. The summed E-state index contributed by atoms with van der Waals surface area (Å²) in [5.74, 6) is 4.65. The van der Waals surface area contributed by atoms with Gasteiger partial charge in [-0.05, 0) is 18.2 Å². The molecule has 1 rings (SSSR count). The number of halogens is 1. The van der Waals surface area contributed by atoms with Gasteiger partial charge in [-0.1, -0.05) is 11.8 Å². The van der Waals surface area contributed by atoms with Crippen molar-refractivity contribution in [3.63, 3.8) is 0 Å². The molecule has 84 valence electrons. The highest BCUT2D eigenvalue weighted by Gasteiger charge is 2.02. The molecule has 0 heterocycles. The lowest BCUT2D eigenvalue weighted by Gasteiger charge is -2.02. The topological polar surface area (TPSA) is 75.4 Å². The maximum Gasteiger partial charge on any atom is 0.316 e. The van der Waals surface area contributed by atoms with E-state index in [1.54, 1.807) is 0 Å². The average molecular weight is 222 g/mol. The molecule has 5 heteroatoms. The van der Waals surface area contributed by atoms with Gasteiger partial charge in [0.1, 0.15) is 5.82 Å². The Kier molecular flexibility index (Phi) is 4.30. The highest BCUT2D eigenvalue weighted by molar-refractivity contribution is 5.87. The zero-order chi connectivity index (χ0) is 12.0. The van der Waals surface area contributed by atoms with Gasteiger partial charge in [-0.15, -0.1) is 0 Å². The lowest BCUT2D eigenvalue weighted by molar-refractivity contribution is 0.259. The molecule has 0 fully saturated rings. The van der Waals surface area contributed by atoms with Crippen LogP contribution in [0, 0.1) is 17.7 Å².